The third kappa shape index (κ3) is 6.09. The van der Waals surface area contributed by atoms with Gasteiger partial charge in [0.05, 0.1) is 25.3 Å². The molecule has 0 aromatic heterocycles. The van der Waals surface area contributed by atoms with Crippen molar-refractivity contribution in [1.82, 2.24) is 0 Å². The Kier molecular flexibility index (Phi) is 6.92. The lowest BCUT2D eigenvalue weighted by Gasteiger charge is -2.13. The van der Waals surface area contributed by atoms with E-state index in [-0.39, 0.29) is 12.2 Å². The summed E-state index contributed by atoms with van der Waals surface area (Å²) in [5, 5.41) is 5.35. The lowest BCUT2D eigenvalue weighted by Crippen LogP contribution is -2.22. The van der Waals surface area contributed by atoms with Crippen molar-refractivity contribution in [2.75, 3.05) is 30.4 Å². The molecule has 0 saturated heterocycles. The van der Waals surface area contributed by atoms with Crippen LogP contribution in [0.25, 0.3) is 0 Å². The standard InChI is InChI=1S/C19H21F3N2O3/c1-3-26-16-9-8-15(11-17(16)27-4-2)24-18(25)12-23-14-7-5-6-13(10-14)19(20,21)22/h5-11,23H,3-4,12H2,1-2H3,(H,24,25). The fourth-order valence-corrected chi connectivity index (χ4v) is 2.32. The van der Waals surface area contributed by atoms with Crippen molar-refractivity contribution < 1.29 is 27.4 Å². The number of anilines is 2. The van der Waals surface area contributed by atoms with E-state index < -0.39 is 17.6 Å². The summed E-state index contributed by atoms with van der Waals surface area (Å²) in [5.74, 6) is 0.668. The van der Waals surface area contributed by atoms with Gasteiger partial charge in [-0.2, -0.15) is 13.2 Å². The Labute approximate surface area is 155 Å². The number of halogens is 3. The minimum atomic E-state index is -4.43. The van der Waals surface area contributed by atoms with Crippen LogP contribution < -0.4 is 20.1 Å². The highest BCUT2D eigenvalue weighted by molar-refractivity contribution is 5.94. The van der Waals surface area contributed by atoms with Crippen LogP contribution in [0.3, 0.4) is 0 Å². The van der Waals surface area contributed by atoms with Gasteiger partial charge in [0.25, 0.3) is 0 Å². The Bertz CT molecular complexity index is 779. The predicted molar refractivity (Wildman–Crippen MR) is 97.3 cm³/mol. The summed E-state index contributed by atoms with van der Waals surface area (Å²) in [6.07, 6.45) is -4.43. The zero-order valence-corrected chi connectivity index (χ0v) is 15.0. The number of benzene rings is 2. The third-order valence-corrected chi connectivity index (χ3v) is 3.47. The highest BCUT2D eigenvalue weighted by Gasteiger charge is 2.30. The smallest absolute Gasteiger partial charge is 0.416 e. The van der Waals surface area contributed by atoms with Gasteiger partial charge < -0.3 is 20.1 Å². The number of alkyl halides is 3. The van der Waals surface area contributed by atoms with Crippen LogP contribution in [0, 0.1) is 0 Å². The molecule has 0 aliphatic carbocycles. The summed E-state index contributed by atoms with van der Waals surface area (Å²) in [4.78, 5) is 12.1. The molecule has 0 bridgehead atoms. The molecule has 0 fully saturated rings. The summed E-state index contributed by atoms with van der Waals surface area (Å²) in [5.41, 5.74) is -0.0693. The number of amides is 1. The minimum absolute atomic E-state index is 0.182. The van der Waals surface area contributed by atoms with Gasteiger partial charge in [-0.25, -0.2) is 0 Å². The van der Waals surface area contributed by atoms with Crippen molar-refractivity contribution in [3.63, 3.8) is 0 Å². The Balaban J connectivity index is 1.99. The van der Waals surface area contributed by atoms with Gasteiger partial charge in [0.2, 0.25) is 5.91 Å². The van der Waals surface area contributed by atoms with Crippen molar-refractivity contribution in [2.24, 2.45) is 0 Å². The first-order valence-electron chi connectivity index (χ1n) is 8.44. The Hall–Kier alpha value is -2.90. The molecule has 0 heterocycles. The van der Waals surface area contributed by atoms with E-state index in [1.54, 1.807) is 18.2 Å². The van der Waals surface area contributed by atoms with Gasteiger partial charge in [0.15, 0.2) is 11.5 Å². The lowest BCUT2D eigenvalue weighted by molar-refractivity contribution is -0.137. The molecule has 27 heavy (non-hydrogen) atoms. The van der Waals surface area contributed by atoms with Crippen molar-refractivity contribution in [3.05, 3.63) is 48.0 Å². The molecular formula is C19H21F3N2O3. The number of carbonyl (C=O) groups excluding carboxylic acids is 1. The number of carbonyl (C=O) groups is 1. The zero-order chi connectivity index (χ0) is 19.9. The van der Waals surface area contributed by atoms with Crippen molar-refractivity contribution in [3.8, 4) is 11.5 Å². The molecule has 8 heteroatoms. The molecule has 0 atom stereocenters. The highest BCUT2D eigenvalue weighted by Crippen LogP contribution is 2.31. The average molecular weight is 382 g/mol. The van der Waals surface area contributed by atoms with E-state index in [1.165, 1.54) is 12.1 Å². The van der Waals surface area contributed by atoms with Crippen molar-refractivity contribution in [1.29, 1.82) is 0 Å². The summed E-state index contributed by atoms with van der Waals surface area (Å²) in [6, 6.07) is 9.66. The molecule has 2 aromatic rings. The van der Waals surface area contributed by atoms with Crippen molar-refractivity contribution in [2.45, 2.75) is 20.0 Å². The van der Waals surface area contributed by atoms with Crippen LogP contribution in [0.2, 0.25) is 0 Å². The molecule has 0 aliphatic rings. The Morgan fingerprint density at radius 2 is 1.67 bits per heavy atom. The van der Waals surface area contributed by atoms with Crippen LogP contribution in [-0.2, 0) is 11.0 Å². The van der Waals surface area contributed by atoms with E-state index in [9.17, 15) is 18.0 Å². The summed E-state index contributed by atoms with van der Waals surface area (Å²) < 4.78 is 49.1. The molecule has 2 N–H and O–H groups in total. The minimum Gasteiger partial charge on any atom is -0.490 e. The average Bonchev–Trinajstić information content (AvgIpc) is 2.62. The van der Waals surface area contributed by atoms with E-state index in [0.717, 1.165) is 12.1 Å². The monoisotopic (exact) mass is 382 g/mol. The number of rotatable bonds is 8. The van der Waals surface area contributed by atoms with Crippen LogP contribution in [0.15, 0.2) is 42.5 Å². The van der Waals surface area contributed by atoms with Crippen LogP contribution in [0.1, 0.15) is 19.4 Å². The SMILES string of the molecule is CCOc1ccc(NC(=O)CNc2cccc(C(F)(F)F)c2)cc1OCC. The van der Waals surface area contributed by atoms with Gasteiger partial charge >= 0.3 is 6.18 Å². The van der Waals surface area contributed by atoms with Gasteiger partial charge in [-0.3, -0.25) is 4.79 Å². The quantitative estimate of drug-likeness (QED) is 0.703. The predicted octanol–water partition coefficient (Wildman–Crippen LogP) is 4.55. The second-order valence-electron chi connectivity index (χ2n) is 5.51. The van der Waals surface area contributed by atoms with Crippen LogP contribution in [-0.4, -0.2) is 25.7 Å². The second kappa shape index (κ2) is 9.16. The maximum absolute atomic E-state index is 12.7. The normalized spacial score (nSPS) is 11.0. The molecule has 0 saturated carbocycles. The number of hydrogen-bond acceptors (Lipinski definition) is 4. The van der Waals surface area contributed by atoms with Crippen LogP contribution in [0.5, 0.6) is 11.5 Å². The molecule has 146 valence electrons. The second-order valence-corrected chi connectivity index (χ2v) is 5.51. The highest BCUT2D eigenvalue weighted by atomic mass is 19.4. The van der Waals surface area contributed by atoms with E-state index in [2.05, 4.69) is 10.6 Å². The van der Waals surface area contributed by atoms with Gasteiger partial charge in [-0.1, -0.05) is 6.07 Å². The first kappa shape index (κ1) is 20.4. The molecule has 0 spiro atoms. The molecule has 0 aliphatic heterocycles. The molecule has 5 nitrogen and oxygen atoms in total. The Morgan fingerprint density at radius 1 is 0.963 bits per heavy atom. The molecule has 0 unspecified atom stereocenters. The Morgan fingerprint density at radius 3 is 2.33 bits per heavy atom. The molecule has 0 radical (unpaired) electrons. The maximum atomic E-state index is 12.7. The molecule has 2 rings (SSSR count). The largest absolute Gasteiger partial charge is 0.490 e. The molecular weight excluding hydrogens is 361 g/mol. The van der Waals surface area contributed by atoms with Crippen molar-refractivity contribution >= 4 is 17.3 Å². The third-order valence-electron chi connectivity index (χ3n) is 3.47. The lowest BCUT2D eigenvalue weighted by atomic mass is 10.2. The first-order chi connectivity index (χ1) is 12.8. The van der Waals surface area contributed by atoms with E-state index in [1.807, 2.05) is 13.8 Å². The number of nitrogens with one attached hydrogen (secondary N) is 2. The van der Waals surface area contributed by atoms with E-state index in [0.29, 0.717) is 30.4 Å². The topological polar surface area (TPSA) is 59.6 Å². The fraction of sp³-hybridized carbons (Fsp3) is 0.316. The van der Waals surface area contributed by atoms with Gasteiger partial charge in [0, 0.05) is 17.4 Å². The number of hydrogen-bond donors (Lipinski definition) is 2. The number of ether oxygens (including phenoxy) is 2. The van der Waals surface area contributed by atoms with Gasteiger partial charge in [0.1, 0.15) is 0 Å². The van der Waals surface area contributed by atoms with Crippen LogP contribution >= 0.6 is 0 Å². The van der Waals surface area contributed by atoms with Gasteiger partial charge in [-0.15, -0.1) is 0 Å². The summed E-state index contributed by atoms with van der Waals surface area (Å²) >= 11 is 0. The first-order valence-corrected chi connectivity index (χ1v) is 8.44. The maximum Gasteiger partial charge on any atom is 0.416 e. The zero-order valence-electron chi connectivity index (χ0n) is 15.0. The fourth-order valence-electron chi connectivity index (χ4n) is 2.32. The molecule has 2 aromatic carbocycles. The van der Waals surface area contributed by atoms with Gasteiger partial charge in [-0.05, 0) is 44.2 Å². The van der Waals surface area contributed by atoms with E-state index in [4.69, 9.17) is 9.47 Å². The molecule has 1 amide bonds. The summed E-state index contributed by atoms with van der Waals surface area (Å²) in [6.45, 7) is 4.42. The summed E-state index contributed by atoms with van der Waals surface area (Å²) in [7, 11) is 0. The van der Waals surface area contributed by atoms with E-state index >= 15 is 0 Å². The van der Waals surface area contributed by atoms with Crippen LogP contribution in [0.4, 0.5) is 24.5 Å².